The van der Waals surface area contributed by atoms with E-state index in [4.69, 9.17) is 5.73 Å². The quantitative estimate of drug-likeness (QED) is 0.829. The average molecular weight is 220 g/mol. The van der Waals surface area contributed by atoms with Gasteiger partial charge in [-0.05, 0) is 24.3 Å². The second-order valence-corrected chi connectivity index (χ2v) is 4.28. The first-order chi connectivity index (χ1) is 7.31. The molecule has 2 heterocycles. The lowest BCUT2D eigenvalue weighted by Gasteiger charge is -2.02. The summed E-state index contributed by atoms with van der Waals surface area (Å²) in [4.78, 5) is 6.19. The lowest BCUT2D eigenvalue weighted by molar-refractivity contribution is 0.190. The molecule has 0 aliphatic rings. The van der Waals surface area contributed by atoms with Crippen molar-refractivity contribution >= 4 is 11.3 Å². The maximum atomic E-state index is 9.55. The van der Waals surface area contributed by atoms with Crippen LogP contribution in [-0.4, -0.2) is 16.6 Å². The van der Waals surface area contributed by atoms with Gasteiger partial charge in [0.25, 0.3) is 0 Å². The molecule has 0 fully saturated rings. The van der Waals surface area contributed by atoms with Crippen molar-refractivity contribution in [2.24, 2.45) is 5.73 Å². The zero-order chi connectivity index (χ0) is 10.7. The molecule has 2 rings (SSSR count). The Morgan fingerprint density at radius 2 is 2.20 bits per heavy atom. The van der Waals surface area contributed by atoms with Crippen LogP contribution in [0.1, 0.15) is 11.0 Å². The number of hydrogen-bond donors (Lipinski definition) is 2. The SMILES string of the molecule is NCC(O)c1ccc(-c2ccccn2)s1. The summed E-state index contributed by atoms with van der Waals surface area (Å²) in [5.41, 5.74) is 6.32. The van der Waals surface area contributed by atoms with Crippen LogP contribution >= 0.6 is 11.3 Å². The average Bonchev–Trinajstić information content (AvgIpc) is 2.78. The number of pyridine rings is 1. The molecule has 0 amide bonds. The summed E-state index contributed by atoms with van der Waals surface area (Å²) in [5, 5.41) is 9.55. The number of hydrogen-bond acceptors (Lipinski definition) is 4. The lowest BCUT2D eigenvalue weighted by Crippen LogP contribution is -2.09. The molecule has 0 aliphatic heterocycles. The number of aliphatic hydroxyl groups is 1. The smallest absolute Gasteiger partial charge is 0.100 e. The van der Waals surface area contributed by atoms with E-state index in [0.717, 1.165) is 15.4 Å². The van der Waals surface area contributed by atoms with Crippen molar-refractivity contribution in [3.63, 3.8) is 0 Å². The fourth-order valence-corrected chi connectivity index (χ4v) is 2.28. The van der Waals surface area contributed by atoms with Gasteiger partial charge in [0.05, 0.1) is 10.6 Å². The van der Waals surface area contributed by atoms with E-state index in [-0.39, 0.29) is 6.54 Å². The van der Waals surface area contributed by atoms with Crippen molar-refractivity contribution in [1.82, 2.24) is 4.98 Å². The zero-order valence-corrected chi connectivity index (χ0v) is 8.95. The highest BCUT2D eigenvalue weighted by Crippen LogP contribution is 2.29. The number of nitrogens with zero attached hydrogens (tertiary/aromatic N) is 1. The fourth-order valence-electron chi connectivity index (χ4n) is 1.29. The first-order valence-electron chi connectivity index (χ1n) is 4.70. The Labute approximate surface area is 92.2 Å². The van der Waals surface area contributed by atoms with Gasteiger partial charge in [-0.3, -0.25) is 4.98 Å². The molecule has 0 aromatic carbocycles. The molecular weight excluding hydrogens is 208 g/mol. The van der Waals surface area contributed by atoms with Gasteiger partial charge < -0.3 is 10.8 Å². The van der Waals surface area contributed by atoms with E-state index in [1.54, 1.807) is 6.20 Å². The van der Waals surface area contributed by atoms with Crippen molar-refractivity contribution in [2.75, 3.05) is 6.54 Å². The van der Waals surface area contributed by atoms with Gasteiger partial charge in [0.15, 0.2) is 0 Å². The third-order valence-electron chi connectivity index (χ3n) is 2.10. The Bertz CT molecular complexity index is 427. The Hall–Kier alpha value is -1.23. The first kappa shape index (κ1) is 10.3. The molecule has 0 aliphatic carbocycles. The van der Waals surface area contributed by atoms with Crippen LogP contribution in [0.4, 0.5) is 0 Å². The molecule has 4 heteroatoms. The lowest BCUT2D eigenvalue weighted by atomic mass is 10.2. The largest absolute Gasteiger partial charge is 0.386 e. The fraction of sp³-hybridized carbons (Fsp3) is 0.182. The van der Waals surface area contributed by atoms with Crippen LogP contribution in [0, 0.1) is 0 Å². The highest BCUT2D eigenvalue weighted by atomic mass is 32.1. The minimum atomic E-state index is -0.563. The standard InChI is InChI=1S/C11H12N2OS/c12-7-9(14)11-5-4-10(15-11)8-3-1-2-6-13-8/h1-6,9,14H,7,12H2. The van der Waals surface area contributed by atoms with Crippen LogP contribution < -0.4 is 5.73 Å². The van der Waals surface area contributed by atoms with Crippen molar-refractivity contribution in [3.8, 4) is 10.6 Å². The molecule has 0 spiro atoms. The van der Waals surface area contributed by atoms with Crippen LogP contribution in [0.25, 0.3) is 10.6 Å². The predicted molar refractivity (Wildman–Crippen MR) is 61.6 cm³/mol. The molecule has 0 bridgehead atoms. The number of thiophene rings is 1. The normalized spacial score (nSPS) is 12.7. The number of rotatable bonds is 3. The zero-order valence-electron chi connectivity index (χ0n) is 8.13. The molecule has 15 heavy (non-hydrogen) atoms. The molecule has 0 saturated heterocycles. The van der Waals surface area contributed by atoms with Crippen LogP contribution in [-0.2, 0) is 0 Å². The van der Waals surface area contributed by atoms with Gasteiger partial charge in [0.1, 0.15) is 6.10 Å². The topological polar surface area (TPSA) is 59.1 Å². The van der Waals surface area contributed by atoms with E-state index >= 15 is 0 Å². The predicted octanol–water partition coefficient (Wildman–Crippen LogP) is 1.80. The van der Waals surface area contributed by atoms with Gasteiger partial charge in [0, 0.05) is 17.6 Å². The molecule has 0 radical (unpaired) electrons. The minimum absolute atomic E-state index is 0.252. The van der Waals surface area contributed by atoms with Crippen molar-refractivity contribution < 1.29 is 5.11 Å². The summed E-state index contributed by atoms with van der Waals surface area (Å²) >= 11 is 1.53. The van der Waals surface area contributed by atoms with E-state index in [1.165, 1.54) is 11.3 Å². The summed E-state index contributed by atoms with van der Waals surface area (Å²) in [6.45, 7) is 0.252. The highest BCUT2D eigenvalue weighted by Gasteiger charge is 2.09. The van der Waals surface area contributed by atoms with Crippen molar-refractivity contribution in [1.29, 1.82) is 0 Å². The summed E-state index contributed by atoms with van der Waals surface area (Å²) in [7, 11) is 0. The summed E-state index contributed by atoms with van der Waals surface area (Å²) < 4.78 is 0. The van der Waals surface area contributed by atoms with Gasteiger partial charge in [0.2, 0.25) is 0 Å². The van der Waals surface area contributed by atoms with E-state index < -0.39 is 6.10 Å². The minimum Gasteiger partial charge on any atom is -0.386 e. The van der Waals surface area contributed by atoms with Gasteiger partial charge in [-0.25, -0.2) is 0 Å². The van der Waals surface area contributed by atoms with Gasteiger partial charge in [-0.1, -0.05) is 6.07 Å². The van der Waals surface area contributed by atoms with Gasteiger partial charge in [-0.15, -0.1) is 11.3 Å². The van der Waals surface area contributed by atoms with E-state index in [2.05, 4.69) is 4.98 Å². The van der Waals surface area contributed by atoms with E-state index in [9.17, 15) is 5.11 Å². The van der Waals surface area contributed by atoms with Crippen LogP contribution in [0.5, 0.6) is 0 Å². The van der Waals surface area contributed by atoms with E-state index in [1.807, 2.05) is 30.3 Å². The molecule has 1 atom stereocenters. The van der Waals surface area contributed by atoms with Crippen LogP contribution in [0.2, 0.25) is 0 Å². The van der Waals surface area contributed by atoms with Crippen molar-refractivity contribution in [3.05, 3.63) is 41.4 Å². The molecule has 78 valence electrons. The Morgan fingerprint density at radius 3 is 2.87 bits per heavy atom. The van der Waals surface area contributed by atoms with Crippen molar-refractivity contribution in [2.45, 2.75) is 6.10 Å². The Morgan fingerprint density at radius 1 is 1.33 bits per heavy atom. The summed E-state index contributed by atoms with van der Waals surface area (Å²) in [6.07, 6.45) is 1.20. The molecule has 0 saturated carbocycles. The highest BCUT2D eigenvalue weighted by molar-refractivity contribution is 7.15. The molecule has 2 aromatic heterocycles. The molecular formula is C11H12N2OS. The second-order valence-electron chi connectivity index (χ2n) is 3.17. The monoisotopic (exact) mass is 220 g/mol. The first-order valence-corrected chi connectivity index (χ1v) is 5.52. The molecule has 1 unspecified atom stereocenters. The summed E-state index contributed by atoms with van der Waals surface area (Å²) in [5.74, 6) is 0. The molecule has 3 N–H and O–H groups in total. The molecule has 3 nitrogen and oxygen atoms in total. The third-order valence-corrected chi connectivity index (χ3v) is 3.30. The third kappa shape index (κ3) is 2.23. The van der Waals surface area contributed by atoms with Gasteiger partial charge in [-0.2, -0.15) is 0 Å². The number of aromatic nitrogens is 1. The maximum Gasteiger partial charge on any atom is 0.100 e. The second kappa shape index (κ2) is 4.53. The Kier molecular flexibility index (Phi) is 3.11. The number of aliphatic hydroxyl groups excluding tert-OH is 1. The number of nitrogens with two attached hydrogens (primary N) is 1. The van der Waals surface area contributed by atoms with E-state index in [0.29, 0.717) is 0 Å². The van der Waals surface area contributed by atoms with Crippen LogP contribution in [0.15, 0.2) is 36.5 Å². The van der Waals surface area contributed by atoms with Gasteiger partial charge >= 0.3 is 0 Å². The maximum absolute atomic E-state index is 9.55. The summed E-state index contributed by atoms with van der Waals surface area (Å²) in [6, 6.07) is 9.63. The van der Waals surface area contributed by atoms with Crippen LogP contribution in [0.3, 0.4) is 0 Å². The Balaban J connectivity index is 2.28. The molecule has 2 aromatic rings.